The Morgan fingerprint density at radius 1 is 1.20 bits per heavy atom. The summed E-state index contributed by atoms with van der Waals surface area (Å²) in [6.45, 7) is 0. The van der Waals surface area contributed by atoms with E-state index >= 15 is 0 Å². The second-order valence-corrected chi connectivity index (χ2v) is 5.32. The van der Waals surface area contributed by atoms with Crippen molar-refractivity contribution in [1.29, 1.82) is 0 Å². The third-order valence-electron chi connectivity index (χ3n) is 3.18. The average molecular weight is 310 g/mol. The molecule has 0 radical (unpaired) electrons. The number of rotatable bonds is 1. The predicted molar refractivity (Wildman–Crippen MR) is 80.5 cm³/mol. The van der Waals surface area contributed by atoms with E-state index in [1.807, 2.05) is 11.6 Å². The maximum Gasteiger partial charge on any atom is 0.143 e. The smallest absolute Gasteiger partial charge is 0.143 e. The van der Waals surface area contributed by atoms with Crippen LogP contribution in [0.3, 0.4) is 0 Å². The number of nitrogen functional groups attached to an aromatic ring is 1. The fraction of sp³-hybridized carbons (Fsp3) is 0.0714. The lowest BCUT2D eigenvalue weighted by molar-refractivity contribution is 0.629. The van der Waals surface area contributed by atoms with Crippen molar-refractivity contribution < 1.29 is 4.39 Å². The van der Waals surface area contributed by atoms with Gasteiger partial charge in [0, 0.05) is 23.7 Å². The van der Waals surface area contributed by atoms with E-state index in [2.05, 4.69) is 4.98 Å². The highest BCUT2D eigenvalue weighted by Crippen LogP contribution is 2.35. The molecule has 3 nitrogen and oxygen atoms in total. The van der Waals surface area contributed by atoms with Crippen LogP contribution >= 0.6 is 23.2 Å². The van der Waals surface area contributed by atoms with Gasteiger partial charge in [-0.3, -0.25) is 0 Å². The fourth-order valence-corrected chi connectivity index (χ4v) is 2.68. The van der Waals surface area contributed by atoms with Crippen LogP contribution in [0, 0.1) is 5.82 Å². The molecule has 1 heterocycles. The van der Waals surface area contributed by atoms with Crippen molar-refractivity contribution in [1.82, 2.24) is 9.55 Å². The summed E-state index contributed by atoms with van der Waals surface area (Å²) in [7, 11) is 1.83. The molecule has 0 aliphatic heterocycles. The van der Waals surface area contributed by atoms with Gasteiger partial charge in [-0.1, -0.05) is 23.2 Å². The Hall–Kier alpha value is -1.78. The molecule has 0 aliphatic rings. The van der Waals surface area contributed by atoms with Gasteiger partial charge in [0.05, 0.1) is 21.7 Å². The van der Waals surface area contributed by atoms with E-state index in [1.165, 1.54) is 12.1 Å². The Bertz CT molecular complexity index is 827. The van der Waals surface area contributed by atoms with Gasteiger partial charge in [0.25, 0.3) is 0 Å². The number of anilines is 1. The van der Waals surface area contributed by atoms with Crippen molar-refractivity contribution in [2.45, 2.75) is 0 Å². The number of aryl methyl sites for hydroxylation is 1. The molecular weight excluding hydrogens is 300 g/mol. The first-order valence-electron chi connectivity index (χ1n) is 5.84. The molecule has 1 aromatic heterocycles. The van der Waals surface area contributed by atoms with E-state index in [1.54, 1.807) is 18.2 Å². The zero-order chi connectivity index (χ0) is 14.4. The molecule has 6 heteroatoms. The highest BCUT2D eigenvalue weighted by molar-refractivity contribution is 6.37. The summed E-state index contributed by atoms with van der Waals surface area (Å²) >= 11 is 12.1. The molecule has 0 saturated carbocycles. The lowest BCUT2D eigenvalue weighted by Crippen LogP contribution is -1.97. The first kappa shape index (κ1) is 13.2. The maximum absolute atomic E-state index is 13.3. The minimum atomic E-state index is -0.334. The third kappa shape index (κ3) is 2.01. The lowest BCUT2D eigenvalue weighted by atomic mass is 10.1. The van der Waals surface area contributed by atoms with Crippen molar-refractivity contribution in [2.75, 3.05) is 5.73 Å². The van der Waals surface area contributed by atoms with Gasteiger partial charge in [-0.2, -0.15) is 0 Å². The highest BCUT2D eigenvalue weighted by Gasteiger charge is 2.15. The molecule has 0 atom stereocenters. The van der Waals surface area contributed by atoms with Crippen molar-refractivity contribution in [2.24, 2.45) is 7.05 Å². The minimum absolute atomic E-state index is 0.334. The Balaban J connectivity index is 2.32. The monoisotopic (exact) mass is 309 g/mol. The molecule has 102 valence electrons. The quantitative estimate of drug-likeness (QED) is 0.682. The molecule has 20 heavy (non-hydrogen) atoms. The molecule has 0 aliphatic carbocycles. The van der Waals surface area contributed by atoms with E-state index in [9.17, 15) is 4.39 Å². The number of nitrogens with two attached hydrogens (primary N) is 1. The number of hydrogen-bond donors (Lipinski definition) is 1. The first-order chi connectivity index (χ1) is 9.47. The summed E-state index contributed by atoms with van der Waals surface area (Å²) in [5.74, 6) is 0.256. The van der Waals surface area contributed by atoms with Crippen LogP contribution in [-0.4, -0.2) is 9.55 Å². The summed E-state index contributed by atoms with van der Waals surface area (Å²) in [6, 6.07) is 7.71. The average Bonchev–Trinajstić information content (AvgIpc) is 2.70. The van der Waals surface area contributed by atoms with Crippen LogP contribution in [0.1, 0.15) is 0 Å². The van der Waals surface area contributed by atoms with E-state index in [-0.39, 0.29) is 5.82 Å². The Morgan fingerprint density at radius 3 is 2.70 bits per heavy atom. The van der Waals surface area contributed by atoms with Gasteiger partial charge in [0.2, 0.25) is 0 Å². The largest absolute Gasteiger partial charge is 0.397 e. The molecule has 0 spiro atoms. The number of hydrogen-bond acceptors (Lipinski definition) is 2. The number of nitrogens with zero attached hydrogens (tertiary/aromatic N) is 2. The topological polar surface area (TPSA) is 43.8 Å². The number of fused-ring (bicyclic) bond motifs is 1. The highest BCUT2D eigenvalue weighted by atomic mass is 35.5. The normalized spacial score (nSPS) is 11.2. The Morgan fingerprint density at radius 2 is 1.95 bits per heavy atom. The molecule has 0 unspecified atom stereocenters. The molecule has 2 N–H and O–H groups in total. The minimum Gasteiger partial charge on any atom is -0.397 e. The molecule has 3 rings (SSSR count). The van der Waals surface area contributed by atoms with Crippen LogP contribution in [0.5, 0.6) is 0 Å². The molecule has 0 bridgehead atoms. The van der Waals surface area contributed by atoms with Crippen LogP contribution in [0.15, 0.2) is 30.3 Å². The molecular formula is C14H10Cl2FN3. The summed E-state index contributed by atoms with van der Waals surface area (Å²) in [6.07, 6.45) is 0. The van der Waals surface area contributed by atoms with Crippen molar-refractivity contribution in [3.8, 4) is 11.4 Å². The number of imidazole rings is 1. The van der Waals surface area contributed by atoms with Gasteiger partial charge in [0.15, 0.2) is 0 Å². The van der Waals surface area contributed by atoms with Gasteiger partial charge in [-0.25, -0.2) is 9.37 Å². The molecule has 3 aromatic rings. The fourth-order valence-electron chi connectivity index (χ4n) is 2.18. The summed E-state index contributed by atoms with van der Waals surface area (Å²) in [5.41, 5.74) is 8.37. The van der Waals surface area contributed by atoms with E-state index in [0.29, 0.717) is 32.6 Å². The molecule has 2 aromatic carbocycles. The van der Waals surface area contributed by atoms with E-state index in [0.717, 1.165) is 5.52 Å². The maximum atomic E-state index is 13.3. The van der Waals surface area contributed by atoms with Gasteiger partial charge >= 0.3 is 0 Å². The van der Waals surface area contributed by atoms with Crippen LogP contribution in [0.4, 0.5) is 10.1 Å². The third-order valence-corrected chi connectivity index (χ3v) is 3.71. The summed E-state index contributed by atoms with van der Waals surface area (Å²) in [4.78, 5) is 4.41. The number of benzene rings is 2. The van der Waals surface area contributed by atoms with E-state index < -0.39 is 0 Å². The molecule has 0 saturated heterocycles. The Kier molecular flexibility index (Phi) is 3.07. The van der Waals surface area contributed by atoms with Crippen LogP contribution in [-0.2, 0) is 7.05 Å². The Labute approximate surface area is 124 Å². The molecule has 0 amide bonds. The zero-order valence-electron chi connectivity index (χ0n) is 10.5. The van der Waals surface area contributed by atoms with Crippen molar-refractivity contribution in [3.05, 3.63) is 46.2 Å². The van der Waals surface area contributed by atoms with Gasteiger partial charge in [0.1, 0.15) is 11.6 Å². The number of aromatic nitrogens is 2. The van der Waals surface area contributed by atoms with Crippen LogP contribution in [0.25, 0.3) is 22.4 Å². The number of halogens is 3. The second kappa shape index (κ2) is 4.65. The second-order valence-electron chi connectivity index (χ2n) is 4.48. The summed E-state index contributed by atoms with van der Waals surface area (Å²) < 4.78 is 15.1. The van der Waals surface area contributed by atoms with Gasteiger partial charge in [-0.05, 0) is 24.3 Å². The van der Waals surface area contributed by atoms with Crippen LogP contribution in [0.2, 0.25) is 10.0 Å². The lowest BCUT2D eigenvalue weighted by Gasteiger charge is -2.08. The SMILES string of the molecule is Cn1c(-c2cc(Cl)cc(Cl)c2N)nc2cc(F)ccc21. The van der Waals surface area contributed by atoms with Gasteiger partial charge in [-0.15, -0.1) is 0 Å². The van der Waals surface area contributed by atoms with Crippen molar-refractivity contribution >= 4 is 39.9 Å². The van der Waals surface area contributed by atoms with Crippen molar-refractivity contribution in [3.63, 3.8) is 0 Å². The first-order valence-corrected chi connectivity index (χ1v) is 6.60. The summed E-state index contributed by atoms with van der Waals surface area (Å²) in [5, 5.41) is 0.836. The zero-order valence-corrected chi connectivity index (χ0v) is 12.0. The van der Waals surface area contributed by atoms with Gasteiger partial charge < -0.3 is 10.3 Å². The predicted octanol–water partition coefficient (Wildman–Crippen LogP) is 4.27. The molecule has 0 fully saturated rings. The van der Waals surface area contributed by atoms with Crippen LogP contribution < -0.4 is 5.73 Å². The standard InChI is InChI=1S/C14H10Cl2FN3/c1-20-12-3-2-8(17)6-11(12)19-14(20)9-4-7(15)5-10(16)13(9)18/h2-6H,18H2,1H3. The van der Waals surface area contributed by atoms with E-state index in [4.69, 9.17) is 28.9 Å².